The molecule has 0 aromatic carbocycles. The average Bonchev–Trinajstić information content (AvgIpc) is 2.46. The molecule has 1 heterocycles. The second-order valence-corrected chi connectivity index (χ2v) is 4.30. The van der Waals surface area contributed by atoms with Gasteiger partial charge in [-0.05, 0) is 25.2 Å². The van der Waals surface area contributed by atoms with Crippen LogP contribution in [0.1, 0.15) is 32.1 Å². The molecule has 1 saturated heterocycles. The predicted molar refractivity (Wildman–Crippen MR) is 51.1 cm³/mol. The van der Waals surface area contributed by atoms with E-state index in [4.69, 9.17) is 0 Å². The Balaban J connectivity index is 1.92. The highest BCUT2D eigenvalue weighted by Gasteiger charge is 2.33. The van der Waals surface area contributed by atoms with Crippen LogP contribution < -0.4 is 5.32 Å². The largest absolute Gasteiger partial charge is 0.310 e. The van der Waals surface area contributed by atoms with Gasteiger partial charge in [-0.2, -0.15) is 12.6 Å². The molecule has 2 fully saturated rings. The van der Waals surface area contributed by atoms with Gasteiger partial charge in [-0.25, -0.2) is 0 Å². The van der Waals surface area contributed by atoms with Crippen molar-refractivity contribution in [1.82, 2.24) is 5.32 Å². The number of hydrogen-bond donors (Lipinski definition) is 2. The summed E-state index contributed by atoms with van der Waals surface area (Å²) in [6.45, 7) is 0. The highest BCUT2D eigenvalue weighted by molar-refractivity contribution is 7.80. The van der Waals surface area contributed by atoms with Crippen LogP contribution in [0.15, 0.2) is 0 Å². The molecule has 1 aliphatic carbocycles. The molecule has 3 atom stereocenters. The maximum Gasteiger partial charge on any atom is 0.0161 e. The van der Waals surface area contributed by atoms with E-state index in [-0.39, 0.29) is 0 Å². The minimum absolute atomic E-state index is 0.714. The molecule has 0 amide bonds. The fourth-order valence-corrected chi connectivity index (χ4v) is 2.83. The maximum absolute atomic E-state index is 4.33. The van der Waals surface area contributed by atoms with Gasteiger partial charge in [0.1, 0.15) is 0 Å². The van der Waals surface area contributed by atoms with E-state index in [1.165, 1.54) is 32.1 Å². The van der Waals surface area contributed by atoms with Gasteiger partial charge in [-0.1, -0.05) is 12.8 Å². The van der Waals surface area contributed by atoms with Crippen molar-refractivity contribution in [2.45, 2.75) is 44.2 Å². The Hall–Kier alpha value is 0.310. The summed E-state index contributed by atoms with van der Waals surface area (Å²) in [5.74, 6) is 2.01. The zero-order valence-electron chi connectivity index (χ0n) is 6.92. The molecule has 2 heteroatoms. The SMILES string of the molecule is SC[C@@H]1C[C@@H]2CCCC[C@@H]2N1. The zero-order valence-corrected chi connectivity index (χ0v) is 7.82. The van der Waals surface area contributed by atoms with Gasteiger partial charge < -0.3 is 5.32 Å². The maximum atomic E-state index is 4.33. The Morgan fingerprint density at radius 1 is 1.27 bits per heavy atom. The van der Waals surface area contributed by atoms with Crippen molar-refractivity contribution in [3.63, 3.8) is 0 Å². The van der Waals surface area contributed by atoms with Gasteiger partial charge in [0.05, 0.1) is 0 Å². The fraction of sp³-hybridized carbons (Fsp3) is 1.00. The van der Waals surface area contributed by atoms with Crippen molar-refractivity contribution in [2.24, 2.45) is 5.92 Å². The number of nitrogens with one attached hydrogen (secondary N) is 1. The summed E-state index contributed by atoms with van der Waals surface area (Å²) in [6, 6.07) is 1.56. The minimum Gasteiger partial charge on any atom is -0.310 e. The van der Waals surface area contributed by atoms with Gasteiger partial charge >= 0.3 is 0 Å². The van der Waals surface area contributed by atoms with E-state index >= 15 is 0 Å². The van der Waals surface area contributed by atoms with E-state index in [2.05, 4.69) is 17.9 Å². The van der Waals surface area contributed by atoms with Crippen molar-refractivity contribution < 1.29 is 0 Å². The van der Waals surface area contributed by atoms with Gasteiger partial charge in [0.25, 0.3) is 0 Å². The summed E-state index contributed by atoms with van der Waals surface area (Å²) in [7, 11) is 0. The summed E-state index contributed by atoms with van der Waals surface area (Å²) in [5, 5.41) is 3.67. The molecule has 0 unspecified atom stereocenters. The van der Waals surface area contributed by atoms with E-state index in [0.29, 0.717) is 6.04 Å². The summed E-state index contributed by atoms with van der Waals surface area (Å²) >= 11 is 4.33. The first-order valence-electron chi connectivity index (χ1n) is 4.77. The Kier molecular flexibility index (Phi) is 2.42. The molecule has 0 aromatic rings. The summed E-state index contributed by atoms with van der Waals surface area (Å²) < 4.78 is 0. The second-order valence-electron chi connectivity index (χ2n) is 3.93. The molecule has 0 radical (unpaired) electrons. The number of hydrogen-bond acceptors (Lipinski definition) is 2. The molecule has 0 aromatic heterocycles. The molecule has 1 saturated carbocycles. The Morgan fingerprint density at radius 3 is 2.82 bits per heavy atom. The van der Waals surface area contributed by atoms with Crippen LogP contribution in [0, 0.1) is 5.92 Å². The van der Waals surface area contributed by atoms with Crippen molar-refractivity contribution >= 4 is 12.6 Å². The summed E-state index contributed by atoms with van der Waals surface area (Å²) in [5.41, 5.74) is 0. The van der Waals surface area contributed by atoms with Crippen LogP contribution in [0.4, 0.5) is 0 Å². The van der Waals surface area contributed by atoms with Crippen LogP contribution in [0.25, 0.3) is 0 Å². The summed E-state index contributed by atoms with van der Waals surface area (Å²) in [6.07, 6.45) is 7.15. The fourth-order valence-electron chi connectivity index (χ4n) is 2.57. The second kappa shape index (κ2) is 3.36. The first-order valence-corrected chi connectivity index (χ1v) is 5.40. The van der Waals surface area contributed by atoms with Crippen molar-refractivity contribution in [2.75, 3.05) is 5.75 Å². The van der Waals surface area contributed by atoms with Crippen LogP contribution in [0.5, 0.6) is 0 Å². The van der Waals surface area contributed by atoms with Gasteiger partial charge in [0.2, 0.25) is 0 Å². The normalized spacial score (nSPS) is 43.9. The molecule has 64 valence electrons. The van der Waals surface area contributed by atoms with E-state index in [1.54, 1.807) is 0 Å². The first kappa shape index (κ1) is 7.93. The van der Waals surface area contributed by atoms with Crippen LogP contribution in [0.3, 0.4) is 0 Å². The van der Waals surface area contributed by atoms with Crippen molar-refractivity contribution in [3.8, 4) is 0 Å². The van der Waals surface area contributed by atoms with Gasteiger partial charge in [-0.15, -0.1) is 0 Å². The van der Waals surface area contributed by atoms with Crippen molar-refractivity contribution in [3.05, 3.63) is 0 Å². The van der Waals surface area contributed by atoms with Crippen molar-refractivity contribution in [1.29, 1.82) is 0 Å². The van der Waals surface area contributed by atoms with Gasteiger partial charge in [-0.3, -0.25) is 0 Å². The Labute approximate surface area is 74.4 Å². The third kappa shape index (κ3) is 1.57. The van der Waals surface area contributed by atoms with Crippen LogP contribution >= 0.6 is 12.6 Å². The average molecular weight is 171 g/mol. The van der Waals surface area contributed by atoms with E-state index in [1.807, 2.05) is 0 Å². The van der Waals surface area contributed by atoms with Gasteiger partial charge in [0, 0.05) is 17.8 Å². The lowest BCUT2D eigenvalue weighted by molar-refractivity contribution is 0.326. The molecule has 2 rings (SSSR count). The minimum atomic E-state index is 0.714. The number of rotatable bonds is 1. The molecule has 1 N–H and O–H groups in total. The Bertz CT molecular complexity index is 124. The van der Waals surface area contributed by atoms with E-state index in [0.717, 1.165) is 17.7 Å². The van der Waals surface area contributed by atoms with E-state index < -0.39 is 0 Å². The third-order valence-corrected chi connectivity index (χ3v) is 3.61. The molecule has 2 aliphatic rings. The lowest BCUT2D eigenvalue weighted by Crippen LogP contribution is -2.33. The quantitative estimate of drug-likeness (QED) is 0.574. The molecule has 1 nitrogen and oxygen atoms in total. The smallest absolute Gasteiger partial charge is 0.0161 e. The van der Waals surface area contributed by atoms with Crippen LogP contribution in [-0.2, 0) is 0 Å². The first-order chi connectivity index (χ1) is 5.40. The van der Waals surface area contributed by atoms with Crippen LogP contribution in [-0.4, -0.2) is 17.8 Å². The number of thiol groups is 1. The standard InChI is InChI=1S/C9H17NS/c11-6-8-5-7-3-1-2-4-9(7)10-8/h7-11H,1-6H2/t7-,8-,9-/m0/s1. The third-order valence-electron chi connectivity index (χ3n) is 3.17. The molecule has 1 aliphatic heterocycles. The Morgan fingerprint density at radius 2 is 2.09 bits per heavy atom. The van der Waals surface area contributed by atoms with E-state index in [9.17, 15) is 0 Å². The monoisotopic (exact) mass is 171 g/mol. The lowest BCUT2D eigenvalue weighted by Gasteiger charge is -2.24. The zero-order chi connectivity index (χ0) is 7.68. The molecule has 0 bridgehead atoms. The predicted octanol–water partition coefficient (Wildman–Crippen LogP) is 1.84. The van der Waals surface area contributed by atoms with Crippen LogP contribution in [0.2, 0.25) is 0 Å². The van der Waals surface area contributed by atoms with Gasteiger partial charge in [0.15, 0.2) is 0 Å². The highest BCUT2D eigenvalue weighted by atomic mass is 32.1. The number of fused-ring (bicyclic) bond motifs is 1. The summed E-state index contributed by atoms with van der Waals surface area (Å²) in [4.78, 5) is 0. The molecule has 11 heavy (non-hydrogen) atoms. The highest BCUT2D eigenvalue weighted by Crippen LogP contribution is 2.33. The topological polar surface area (TPSA) is 12.0 Å². The lowest BCUT2D eigenvalue weighted by atomic mass is 9.85. The molecular formula is C9H17NS. The molecule has 0 spiro atoms. The molecular weight excluding hydrogens is 154 g/mol.